The third-order valence-corrected chi connectivity index (χ3v) is 1.92. The van der Waals surface area contributed by atoms with E-state index in [2.05, 4.69) is 10.0 Å². The predicted molar refractivity (Wildman–Crippen MR) is 41.7 cm³/mol. The van der Waals surface area contributed by atoms with Crippen LogP contribution in [-0.4, -0.2) is 48.5 Å². The zero-order valence-corrected chi connectivity index (χ0v) is 7.07. The van der Waals surface area contributed by atoms with Gasteiger partial charge in [-0.05, 0) is 5.53 Å². The van der Waals surface area contributed by atoms with E-state index in [4.69, 9.17) is 20.1 Å². The van der Waals surface area contributed by atoms with Gasteiger partial charge >= 0.3 is 0 Å². The average molecular weight is 189 g/mol. The Morgan fingerprint density at radius 2 is 2.38 bits per heavy atom. The van der Waals surface area contributed by atoms with Crippen molar-refractivity contribution >= 4 is 0 Å². The zero-order chi connectivity index (χ0) is 9.84. The second-order valence-corrected chi connectivity index (χ2v) is 2.65. The van der Waals surface area contributed by atoms with Crippen LogP contribution < -0.4 is 0 Å². The number of azide groups is 1. The molecule has 4 atom stereocenters. The Morgan fingerprint density at radius 3 is 2.85 bits per heavy atom. The van der Waals surface area contributed by atoms with Crippen molar-refractivity contribution in [1.82, 2.24) is 0 Å². The molecular weight excluding hydrogens is 178 g/mol. The van der Waals surface area contributed by atoms with Crippen molar-refractivity contribution in [2.45, 2.75) is 24.5 Å². The Balaban J connectivity index is 2.73. The first-order valence-corrected chi connectivity index (χ1v) is 3.76. The lowest BCUT2D eigenvalue weighted by atomic mass is 10.1. The first-order valence-electron chi connectivity index (χ1n) is 3.76. The highest BCUT2D eigenvalue weighted by atomic mass is 16.7. The van der Waals surface area contributed by atoms with Gasteiger partial charge in [-0.15, -0.1) is 0 Å². The summed E-state index contributed by atoms with van der Waals surface area (Å²) in [7, 11) is 1.37. The lowest BCUT2D eigenvalue weighted by Crippen LogP contribution is -2.32. The maximum Gasteiger partial charge on any atom is 0.168 e. The van der Waals surface area contributed by atoms with Crippen LogP contribution in [0.4, 0.5) is 0 Å². The van der Waals surface area contributed by atoms with E-state index in [1.54, 1.807) is 0 Å². The summed E-state index contributed by atoms with van der Waals surface area (Å²) in [6.07, 6.45) is -2.56. The molecule has 13 heavy (non-hydrogen) atoms. The van der Waals surface area contributed by atoms with Crippen LogP contribution in [0.3, 0.4) is 0 Å². The topological polar surface area (TPSA) is 108 Å². The minimum Gasteiger partial charge on any atom is -0.394 e. The SMILES string of the molecule is CO[C@H]1O[C@H](CO)[C@H](O)[C@@H]1N=[N+]=[N-]. The molecule has 74 valence electrons. The molecule has 0 saturated carbocycles. The first kappa shape index (κ1) is 10.2. The summed E-state index contributed by atoms with van der Waals surface area (Å²) in [6, 6.07) is -0.799. The molecule has 7 heteroatoms. The molecule has 1 fully saturated rings. The third kappa shape index (κ3) is 1.90. The predicted octanol–water partition coefficient (Wildman–Crippen LogP) is -0.610. The van der Waals surface area contributed by atoms with Crippen LogP contribution in [0.5, 0.6) is 0 Å². The van der Waals surface area contributed by atoms with E-state index in [1.165, 1.54) is 7.11 Å². The van der Waals surface area contributed by atoms with E-state index in [0.29, 0.717) is 0 Å². The highest BCUT2D eigenvalue weighted by Crippen LogP contribution is 2.24. The molecule has 0 unspecified atom stereocenters. The highest BCUT2D eigenvalue weighted by Gasteiger charge is 2.43. The number of rotatable bonds is 3. The molecule has 0 spiro atoms. The summed E-state index contributed by atoms with van der Waals surface area (Å²) in [5.74, 6) is 0. The molecule has 2 N–H and O–H groups in total. The number of methoxy groups -OCH3 is 1. The molecule has 1 aliphatic heterocycles. The average Bonchev–Trinajstić information content (AvgIpc) is 2.45. The maximum absolute atomic E-state index is 9.45. The largest absolute Gasteiger partial charge is 0.394 e. The van der Waals surface area contributed by atoms with Gasteiger partial charge in [0.25, 0.3) is 0 Å². The van der Waals surface area contributed by atoms with Crippen molar-refractivity contribution in [2.75, 3.05) is 13.7 Å². The number of ether oxygens (including phenoxy) is 2. The molecule has 0 aromatic heterocycles. The molecule has 1 heterocycles. The lowest BCUT2D eigenvalue weighted by molar-refractivity contribution is -0.130. The van der Waals surface area contributed by atoms with Gasteiger partial charge < -0.3 is 19.7 Å². The summed E-state index contributed by atoms with van der Waals surface area (Å²) in [5, 5.41) is 21.5. The van der Waals surface area contributed by atoms with Crippen molar-refractivity contribution in [1.29, 1.82) is 0 Å². The van der Waals surface area contributed by atoms with Gasteiger partial charge in [-0.1, -0.05) is 5.11 Å². The van der Waals surface area contributed by atoms with Gasteiger partial charge in [0, 0.05) is 12.0 Å². The van der Waals surface area contributed by atoms with Crippen LogP contribution in [-0.2, 0) is 9.47 Å². The van der Waals surface area contributed by atoms with E-state index in [0.717, 1.165) is 0 Å². The lowest BCUT2D eigenvalue weighted by Gasteiger charge is -2.12. The standard InChI is InChI=1S/C6H11N3O4/c1-12-6-4(8-9-7)5(11)3(2-10)13-6/h3-6,10-11H,2H2,1H3/t3-,4+,5+,6+/m1/s1. The molecule has 0 aliphatic carbocycles. The van der Waals surface area contributed by atoms with Crippen LogP contribution in [0.15, 0.2) is 5.11 Å². The fraction of sp³-hybridized carbons (Fsp3) is 1.00. The summed E-state index contributed by atoms with van der Waals surface area (Å²) in [6.45, 7) is -0.335. The van der Waals surface area contributed by atoms with E-state index >= 15 is 0 Å². The van der Waals surface area contributed by atoms with Crippen molar-refractivity contribution in [3.05, 3.63) is 10.4 Å². The second kappa shape index (κ2) is 4.40. The number of aliphatic hydroxyl groups is 2. The van der Waals surface area contributed by atoms with E-state index in [1.807, 2.05) is 0 Å². The highest BCUT2D eigenvalue weighted by molar-refractivity contribution is 4.91. The number of hydrogen-bond donors (Lipinski definition) is 2. The smallest absolute Gasteiger partial charge is 0.168 e. The second-order valence-electron chi connectivity index (χ2n) is 2.65. The molecule has 1 rings (SSSR count). The Morgan fingerprint density at radius 1 is 1.69 bits per heavy atom. The van der Waals surface area contributed by atoms with E-state index in [-0.39, 0.29) is 6.61 Å². The van der Waals surface area contributed by atoms with Gasteiger partial charge in [0.2, 0.25) is 0 Å². The number of nitrogens with zero attached hydrogens (tertiary/aromatic N) is 3. The van der Waals surface area contributed by atoms with Gasteiger partial charge in [-0.3, -0.25) is 0 Å². The monoisotopic (exact) mass is 189 g/mol. The Kier molecular flexibility index (Phi) is 3.47. The van der Waals surface area contributed by atoms with Crippen molar-refractivity contribution in [3.63, 3.8) is 0 Å². The Hall–Kier alpha value is -0.850. The molecular formula is C6H11N3O4. The Bertz CT molecular complexity index is 216. The summed E-state index contributed by atoms with van der Waals surface area (Å²) >= 11 is 0. The van der Waals surface area contributed by atoms with Gasteiger partial charge in [-0.25, -0.2) is 0 Å². The van der Waals surface area contributed by atoms with Gasteiger partial charge in [0.15, 0.2) is 6.29 Å². The van der Waals surface area contributed by atoms with Crippen LogP contribution >= 0.6 is 0 Å². The third-order valence-electron chi connectivity index (χ3n) is 1.92. The van der Waals surface area contributed by atoms with Crippen molar-refractivity contribution < 1.29 is 19.7 Å². The van der Waals surface area contributed by atoms with Gasteiger partial charge in [0.05, 0.1) is 12.7 Å². The van der Waals surface area contributed by atoms with Crippen molar-refractivity contribution in [2.24, 2.45) is 5.11 Å². The quantitative estimate of drug-likeness (QED) is 0.350. The molecule has 1 aliphatic rings. The van der Waals surface area contributed by atoms with Crippen molar-refractivity contribution in [3.8, 4) is 0 Å². The molecule has 7 nitrogen and oxygen atoms in total. The summed E-state index contributed by atoms with van der Waals surface area (Å²) < 4.78 is 9.87. The molecule has 0 aromatic carbocycles. The zero-order valence-electron chi connectivity index (χ0n) is 7.07. The molecule has 0 amide bonds. The van der Waals surface area contributed by atoms with Crippen LogP contribution in [0.25, 0.3) is 10.4 Å². The molecule has 1 saturated heterocycles. The van der Waals surface area contributed by atoms with Crippen LogP contribution in [0, 0.1) is 0 Å². The number of hydrogen-bond acceptors (Lipinski definition) is 5. The van der Waals surface area contributed by atoms with Gasteiger partial charge in [0.1, 0.15) is 12.1 Å². The minimum atomic E-state index is -1.02. The fourth-order valence-corrected chi connectivity index (χ4v) is 1.24. The van der Waals surface area contributed by atoms with Crippen LogP contribution in [0.2, 0.25) is 0 Å². The normalized spacial score (nSPS) is 38.7. The fourth-order valence-electron chi connectivity index (χ4n) is 1.24. The van der Waals surface area contributed by atoms with Gasteiger partial charge in [-0.2, -0.15) is 0 Å². The molecule has 0 radical (unpaired) electrons. The first-order chi connectivity index (χ1) is 6.24. The summed E-state index contributed by atoms with van der Waals surface area (Å²) in [5.41, 5.74) is 8.19. The molecule has 0 bridgehead atoms. The minimum absolute atomic E-state index is 0.335. The summed E-state index contributed by atoms with van der Waals surface area (Å²) in [4.78, 5) is 2.56. The van der Waals surface area contributed by atoms with E-state index < -0.39 is 24.5 Å². The molecule has 0 aromatic rings. The maximum atomic E-state index is 9.45. The number of aliphatic hydroxyl groups excluding tert-OH is 2. The Labute approximate surface area is 74.5 Å². The van der Waals surface area contributed by atoms with E-state index in [9.17, 15) is 5.11 Å². The van der Waals surface area contributed by atoms with Crippen LogP contribution in [0.1, 0.15) is 0 Å².